The van der Waals surface area contributed by atoms with Crippen LogP contribution in [-0.4, -0.2) is 30.6 Å². The molecule has 0 saturated heterocycles. The SMILES string of the molecule is CCCCN(CCO)c1cc(Cl)ccc1C(=N)N. The zero-order valence-corrected chi connectivity index (χ0v) is 11.4. The van der Waals surface area contributed by atoms with E-state index in [1.807, 2.05) is 4.90 Å². The number of aliphatic hydroxyl groups excluding tert-OH is 1. The van der Waals surface area contributed by atoms with Crippen molar-refractivity contribution in [3.8, 4) is 0 Å². The Morgan fingerprint density at radius 3 is 2.72 bits per heavy atom. The standard InChI is InChI=1S/C13H20ClN3O/c1-2-3-6-17(7-8-18)12-9-10(14)4-5-11(12)13(15)16/h4-5,9,18H,2-3,6-8H2,1H3,(H3,15,16). The summed E-state index contributed by atoms with van der Waals surface area (Å²) in [5.74, 6) is 0.0149. The van der Waals surface area contributed by atoms with Crippen LogP contribution in [0.25, 0.3) is 0 Å². The van der Waals surface area contributed by atoms with Crippen molar-refractivity contribution >= 4 is 23.1 Å². The molecule has 0 bridgehead atoms. The third-order valence-electron chi connectivity index (χ3n) is 2.74. The van der Waals surface area contributed by atoms with Gasteiger partial charge in [0.25, 0.3) is 0 Å². The van der Waals surface area contributed by atoms with Gasteiger partial charge in [-0.1, -0.05) is 24.9 Å². The van der Waals surface area contributed by atoms with E-state index in [1.165, 1.54) is 0 Å². The summed E-state index contributed by atoms with van der Waals surface area (Å²) in [6.45, 7) is 3.51. The minimum absolute atomic E-state index is 0.0149. The molecular formula is C13H20ClN3O. The highest BCUT2D eigenvalue weighted by molar-refractivity contribution is 6.31. The Hall–Kier alpha value is -1.26. The minimum Gasteiger partial charge on any atom is -0.395 e. The summed E-state index contributed by atoms with van der Waals surface area (Å²) in [5, 5.41) is 17.3. The summed E-state index contributed by atoms with van der Waals surface area (Å²) in [6, 6.07) is 5.26. The highest BCUT2D eigenvalue weighted by Crippen LogP contribution is 2.25. The lowest BCUT2D eigenvalue weighted by molar-refractivity contribution is 0.301. The maximum Gasteiger partial charge on any atom is 0.124 e. The second kappa shape index (κ2) is 7.24. The van der Waals surface area contributed by atoms with Crippen molar-refractivity contribution in [3.05, 3.63) is 28.8 Å². The number of halogens is 1. The predicted octanol–water partition coefficient (Wildman–Crippen LogP) is 2.22. The van der Waals surface area contributed by atoms with Crippen LogP contribution < -0.4 is 10.6 Å². The fourth-order valence-electron chi connectivity index (χ4n) is 1.82. The summed E-state index contributed by atoms with van der Waals surface area (Å²) >= 11 is 6.00. The number of rotatable bonds is 7. The molecule has 0 amide bonds. The Balaban J connectivity index is 3.07. The lowest BCUT2D eigenvalue weighted by Gasteiger charge is -2.26. The lowest BCUT2D eigenvalue weighted by atomic mass is 10.1. The monoisotopic (exact) mass is 269 g/mol. The molecule has 0 spiro atoms. The number of nitrogens with one attached hydrogen (secondary N) is 1. The number of hydrogen-bond acceptors (Lipinski definition) is 3. The summed E-state index contributed by atoms with van der Waals surface area (Å²) in [5.41, 5.74) is 7.05. The Bertz CT molecular complexity index is 409. The first-order chi connectivity index (χ1) is 8.60. The normalized spacial score (nSPS) is 10.4. The molecule has 5 heteroatoms. The van der Waals surface area contributed by atoms with Gasteiger partial charge in [-0.3, -0.25) is 5.41 Å². The van der Waals surface area contributed by atoms with Gasteiger partial charge >= 0.3 is 0 Å². The predicted molar refractivity (Wildman–Crippen MR) is 76.7 cm³/mol. The molecule has 0 aliphatic carbocycles. The number of aliphatic hydroxyl groups is 1. The van der Waals surface area contributed by atoms with Gasteiger partial charge in [-0.2, -0.15) is 0 Å². The van der Waals surface area contributed by atoms with Crippen molar-refractivity contribution in [1.29, 1.82) is 5.41 Å². The number of anilines is 1. The van der Waals surface area contributed by atoms with Crippen LogP contribution in [0.15, 0.2) is 18.2 Å². The molecule has 1 aromatic rings. The van der Waals surface area contributed by atoms with E-state index in [2.05, 4.69) is 6.92 Å². The van der Waals surface area contributed by atoms with Gasteiger partial charge < -0.3 is 15.7 Å². The molecule has 0 unspecified atom stereocenters. The fourth-order valence-corrected chi connectivity index (χ4v) is 1.98. The second-order valence-corrected chi connectivity index (χ2v) is 4.58. The molecule has 0 aliphatic heterocycles. The maximum absolute atomic E-state index is 9.14. The van der Waals surface area contributed by atoms with E-state index >= 15 is 0 Å². The molecule has 0 aromatic heterocycles. The maximum atomic E-state index is 9.14. The van der Waals surface area contributed by atoms with Crippen molar-refractivity contribution < 1.29 is 5.11 Å². The number of unbranched alkanes of at least 4 members (excludes halogenated alkanes) is 1. The van der Waals surface area contributed by atoms with Gasteiger partial charge in [0.2, 0.25) is 0 Å². The molecule has 4 nitrogen and oxygen atoms in total. The Labute approximate surface area is 113 Å². The highest BCUT2D eigenvalue weighted by Gasteiger charge is 2.13. The Kier molecular flexibility index (Phi) is 5.95. The first-order valence-electron chi connectivity index (χ1n) is 6.10. The Morgan fingerprint density at radius 2 is 2.17 bits per heavy atom. The van der Waals surface area contributed by atoms with E-state index in [0.29, 0.717) is 17.1 Å². The van der Waals surface area contributed by atoms with Crippen LogP contribution >= 0.6 is 11.6 Å². The van der Waals surface area contributed by atoms with Crippen molar-refractivity contribution in [2.24, 2.45) is 5.73 Å². The molecule has 1 rings (SSSR count). The smallest absolute Gasteiger partial charge is 0.124 e. The van der Waals surface area contributed by atoms with E-state index in [-0.39, 0.29) is 12.4 Å². The average molecular weight is 270 g/mol. The van der Waals surface area contributed by atoms with Gasteiger partial charge in [0.1, 0.15) is 5.84 Å². The van der Waals surface area contributed by atoms with E-state index in [0.717, 1.165) is 25.1 Å². The summed E-state index contributed by atoms with van der Waals surface area (Å²) in [4.78, 5) is 2.02. The number of benzene rings is 1. The van der Waals surface area contributed by atoms with Gasteiger partial charge in [-0.15, -0.1) is 0 Å². The third kappa shape index (κ3) is 3.89. The molecule has 0 heterocycles. The molecular weight excluding hydrogens is 250 g/mol. The first-order valence-corrected chi connectivity index (χ1v) is 6.47. The summed E-state index contributed by atoms with van der Waals surface area (Å²) in [6.07, 6.45) is 2.09. The minimum atomic E-state index is 0.0149. The average Bonchev–Trinajstić information content (AvgIpc) is 2.34. The summed E-state index contributed by atoms with van der Waals surface area (Å²) < 4.78 is 0. The highest BCUT2D eigenvalue weighted by atomic mass is 35.5. The van der Waals surface area contributed by atoms with Crippen molar-refractivity contribution in [3.63, 3.8) is 0 Å². The number of nitrogens with zero attached hydrogens (tertiary/aromatic N) is 1. The number of hydrogen-bond donors (Lipinski definition) is 3. The number of nitrogen functional groups attached to an aromatic ring is 1. The van der Waals surface area contributed by atoms with E-state index in [4.69, 9.17) is 27.9 Å². The van der Waals surface area contributed by atoms with Crippen molar-refractivity contribution in [1.82, 2.24) is 0 Å². The van der Waals surface area contributed by atoms with E-state index in [9.17, 15) is 0 Å². The van der Waals surface area contributed by atoms with Crippen LogP contribution in [0.3, 0.4) is 0 Å². The van der Waals surface area contributed by atoms with Gasteiger partial charge in [0.05, 0.1) is 6.61 Å². The van der Waals surface area contributed by atoms with Crippen LogP contribution in [0.4, 0.5) is 5.69 Å². The number of nitrogens with two attached hydrogens (primary N) is 1. The fraction of sp³-hybridized carbons (Fsp3) is 0.462. The quantitative estimate of drug-likeness (QED) is 0.525. The molecule has 0 radical (unpaired) electrons. The van der Waals surface area contributed by atoms with Crippen LogP contribution in [0.5, 0.6) is 0 Å². The van der Waals surface area contributed by atoms with Crippen LogP contribution in [0.1, 0.15) is 25.3 Å². The zero-order valence-electron chi connectivity index (χ0n) is 10.6. The molecule has 0 atom stereocenters. The number of amidine groups is 1. The van der Waals surface area contributed by atoms with E-state index < -0.39 is 0 Å². The largest absolute Gasteiger partial charge is 0.395 e. The first kappa shape index (κ1) is 14.8. The van der Waals surface area contributed by atoms with Crippen LogP contribution in [-0.2, 0) is 0 Å². The Morgan fingerprint density at radius 1 is 1.44 bits per heavy atom. The van der Waals surface area contributed by atoms with Gasteiger partial charge in [-0.25, -0.2) is 0 Å². The molecule has 1 aromatic carbocycles. The molecule has 100 valence electrons. The molecule has 0 aliphatic rings. The molecule has 0 saturated carbocycles. The lowest BCUT2D eigenvalue weighted by Crippen LogP contribution is -2.30. The van der Waals surface area contributed by atoms with Gasteiger partial charge in [-0.05, 0) is 24.6 Å². The second-order valence-electron chi connectivity index (χ2n) is 4.14. The zero-order chi connectivity index (χ0) is 13.5. The topological polar surface area (TPSA) is 73.3 Å². The third-order valence-corrected chi connectivity index (χ3v) is 2.98. The van der Waals surface area contributed by atoms with Crippen molar-refractivity contribution in [2.75, 3.05) is 24.6 Å². The molecule has 18 heavy (non-hydrogen) atoms. The van der Waals surface area contributed by atoms with Crippen molar-refractivity contribution in [2.45, 2.75) is 19.8 Å². The van der Waals surface area contributed by atoms with Gasteiger partial charge in [0.15, 0.2) is 0 Å². The summed E-state index contributed by atoms with van der Waals surface area (Å²) in [7, 11) is 0. The van der Waals surface area contributed by atoms with Gasteiger partial charge in [0, 0.05) is 29.4 Å². The van der Waals surface area contributed by atoms with E-state index in [1.54, 1.807) is 18.2 Å². The molecule has 4 N–H and O–H groups in total. The molecule has 0 fully saturated rings. The van der Waals surface area contributed by atoms with Crippen LogP contribution in [0, 0.1) is 5.41 Å². The van der Waals surface area contributed by atoms with Crippen LogP contribution in [0.2, 0.25) is 5.02 Å².